The van der Waals surface area contributed by atoms with E-state index in [9.17, 15) is 9.59 Å². The predicted octanol–water partition coefficient (Wildman–Crippen LogP) is 2.38. The molecule has 0 bridgehead atoms. The molecule has 3 aromatic rings. The van der Waals surface area contributed by atoms with E-state index < -0.39 is 5.76 Å². The predicted molar refractivity (Wildman–Crippen MR) is 94.8 cm³/mol. The van der Waals surface area contributed by atoms with E-state index in [0.717, 1.165) is 6.42 Å². The molecule has 2 aromatic heterocycles. The van der Waals surface area contributed by atoms with Crippen molar-refractivity contribution >= 4 is 22.8 Å². The summed E-state index contributed by atoms with van der Waals surface area (Å²) in [5.74, 6) is 0.986. The van der Waals surface area contributed by atoms with Crippen molar-refractivity contribution < 1.29 is 13.7 Å². The Morgan fingerprint density at radius 1 is 1.38 bits per heavy atom. The summed E-state index contributed by atoms with van der Waals surface area (Å²) in [5.41, 5.74) is 1.59. The lowest BCUT2D eigenvalue weighted by Crippen LogP contribution is -2.30. The summed E-state index contributed by atoms with van der Waals surface area (Å²) in [6.07, 6.45) is 0.724. The number of carbonyl (C=O) groups excluding carboxylic acids is 1. The molecule has 0 saturated heterocycles. The Bertz CT molecular complexity index is 985. The third kappa shape index (κ3) is 3.76. The van der Waals surface area contributed by atoms with E-state index >= 15 is 0 Å². The minimum atomic E-state index is -0.450. The number of rotatable bonds is 5. The average molecular weight is 359 g/mol. The molecule has 0 aliphatic carbocycles. The van der Waals surface area contributed by atoms with E-state index in [4.69, 9.17) is 8.94 Å². The summed E-state index contributed by atoms with van der Waals surface area (Å²) in [7, 11) is 3.25. The molecule has 0 radical (unpaired) electrons. The van der Waals surface area contributed by atoms with Gasteiger partial charge in [-0.2, -0.15) is 4.98 Å². The first-order valence-corrected chi connectivity index (χ1v) is 8.26. The molecule has 0 aliphatic heterocycles. The van der Waals surface area contributed by atoms with Crippen molar-refractivity contribution in [1.29, 1.82) is 0 Å². The van der Waals surface area contributed by atoms with Gasteiger partial charge in [-0.15, -0.1) is 0 Å². The number of amides is 2. The normalized spacial score (nSPS) is 11.3. The number of nitrogens with zero attached hydrogens (tertiary/aromatic N) is 4. The number of nitrogens with one attached hydrogen (secondary N) is 1. The van der Waals surface area contributed by atoms with Crippen LogP contribution in [0.15, 0.2) is 31.9 Å². The van der Waals surface area contributed by atoms with Crippen molar-refractivity contribution in [3.63, 3.8) is 0 Å². The summed E-state index contributed by atoms with van der Waals surface area (Å²) in [6, 6.07) is 4.68. The van der Waals surface area contributed by atoms with Gasteiger partial charge in [0.2, 0.25) is 5.89 Å². The third-order valence-corrected chi connectivity index (χ3v) is 3.86. The molecule has 0 aliphatic rings. The maximum Gasteiger partial charge on any atom is 0.419 e. The largest absolute Gasteiger partial charge is 0.419 e. The van der Waals surface area contributed by atoms with Gasteiger partial charge in [-0.05, 0) is 18.1 Å². The molecule has 0 saturated carbocycles. The second-order valence-electron chi connectivity index (χ2n) is 6.60. The van der Waals surface area contributed by atoms with Gasteiger partial charge in [0.25, 0.3) is 0 Å². The number of aromatic nitrogens is 3. The zero-order chi connectivity index (χ0) is 18.8. The molecular weight excluding hydrogens is 338 g/mol. The number of hydrogen-bond acceptors (Lipinski definition) is 6. The Morgan fingerprint density at radius 3 is 2.88 bits per heavy atom. The van der Waals surface area contributed by atoms with Crippen molar-refractivity contribution in [2.45, 2.75) is 26.8 Å². The number of fused-ring (bicyclic) bond motifs is 1. The van der Waals surface area contributed by atoms with Crippen LogP contribution in [0.3, 0.4) is 0 Å². The molecule has 26 heavy (non-hydrogen) atoms. The minimum Gasteiger partial charge on any atom is -0.408 e. The Morgan fingerprint density at radius 2 is 2.15 bits per heavy atom. The van der Waals surface area contributed by atoms with Gasteiger partial charge in [0.1, 0.15) is 6.54 Å². The van der Waals surface area contributed by atoms with Crippen LogP contribution in [0, 0.1) is 5.92 Å². The highest BCUT2D eigenvalue weighted by Gasteiger charge is 2.15. The topological polar surface area (TPSA) is 106 Å². The molecule has 0 atom stereocenters. The van der Waals surface area contributed by atoms with Crippen LogP contribution in [0.1, 0.15) is 25.6 Å². The highest BCUT2D eigenvalue weighted by atomic mass is 16.5. The van der Waals surface area contributed by atoms with Gasteiger partial charge in [-0.1, -0.05) is 19.0 Å². The van der Waals surface area contributed by atoms with Crippen molar-refractivity contribution in [3.8, 4) is 0 Å². The standard InChI is InChI=1S/C17H21N5O4/c1-10(2)7-14-19-15(26-20-14)9-21(3)16(23)18-11-5-6-12-13(8-11)25-17(24)22(12)4/h5-6,8,10H,7,9H2,1-4H3,(H,18,23). The quantitative estimate of drug-likeness (QED) is 0.749. The van der Waals surface area contributed by atoms with Crippen LogP contribution in [0.5, 0.6) is 0 Å². The Labute approximate surface area is 149 Å². The molecule has 2 amide bonds. The lowest BCUT2D eigenvalue weighted by molar-refractivity contribution is 0.213. The van der Waals surface area contributed by atoms with Gasteiger partial charge in [0, 0.05) is 32.3 Å². The molecule has 0 unspecified atom stereocenters. The molecule has 2 heterocycles. The Balaban J connectivity index is 1.65. The second kappa shape index (κ2) is 7.03. The van der Waals surface area contributed by atoms with Crippen LogP contribution in [0.4, 0.5) is 10.5 Å². The second-order valence-corrected chi connectivity index (χ2v) is 6.60. The van der Waals surface area contributed by atoms with E-state index in [0.29, 0.717) is 34.4 Å². The molecule has 3 rings (SSSR count). The summed E-state index contributed by atoms with van der Waals surface area (Å²) < 4.78 is 11.7. The summed E-state index contributed by atoms with van der Waals surface area (Å²) in [5, 5.41) is 6.66. The summed E-state index contributed by atoms with van der Waals surface area (Å²) in [6.45, 7) is 4.34. The first-order chi connectivity index (χ1) is 12.3. The molecule has 1 aromatic carbocycles. The molecule has 0 fully saturated rings. The van der Waals surface area contributed by atoms with E-state index in [1.807, 2.05) is 0 Å². The molecular formula is C17H21N5O4. The lowest BCUT2D eigenvalue weighted by atomic mass is 10.1. The maximum atomic E-state index is 12.3. The Kier molecular flexibility index (Phi) is 4.79. The zero-order valence-electron chi connectivity index (χ0n) is 15.1. The van der Waals surface area contributed by atoms with Gasteiger partial charge in [0.05, 0.1) is 5.52 Å². The van der Waals surface area contributed by atoms with Gasteiger partial charge in [-0.3, -0.25) is 4.57 Å². The highest BCUT2D eigenvalue weighted by molar-refractivity contribution is 5.91. The SMILES string of the molecule is CC(C)Cc1noc(CN(C)C(=O)Nc2ccc3c(c2)oc(=O)n3C)n1. The molecule has 0 spiro atoms. The van der Waals surface area contributed by atoms with Crippen molar-refractivity contribution in [3.05, 3.63) is 40.5 Å². The monoisotopic (exact) mass is 359 g/mol. The first-order valence-electron chi connectivity index (χ1n) is 8.26. The molecule has 1 N–H and O–H groups in total. The summed E-state index contributed by atoms with van der Waals surface area (Å²) in [4.78, 5) is 29.6. The fourth-order valence-electron chi connectivity index (χ4n) is 2.51. The van der Waals surface area contributed by atoms with Crippen molar-refractivity contribution in [2.24, 2.45) is 13.0 Å². The van der Waals surface area contributed by atoms with Crippen LogP contribution < -0.4 is 11.1 Å². The van der Waals surface area contributed by atoms with E-state index in [1.54, 1.807) is 32.3 Å². The van der Waals surface area contributed by atoms with Crippen LogP contribution in [0.25, 0.3) is 11.1 Å². The average Bonchev–Trinajstić information content (AvgIpc) is 3.11. The maximum absolute atomic E-state index is 12.3. The fourth-order valence-corrected chi connectivity index (χ4v) is 2.51. The molecule has 9 heteroatoms. The summed E-state index contributed by atoms with van der Waals surface area (Å²) >= 11 is 0. The molecule has 9 nitrogen and oxygen atoms in total. The van der Waals surface area contributed by atoms with E-state index in [1.165, 1.54) is 9.47 Å². The number of oxazole rings is 1. The number of urea groups is 1. The minimum absolute atomic E-state index is 0.194. The molecule has 138 valence electrons. The van der Waals surface area contributed by atoms with Gasteiger partial charge >= 0.3 is 11.8 Å². The Hall–Kier alpha value is -3.10. The van der Waals surface area contributed by atoms with E-state index in [2.05, 4.69) is 29.3 Å². The lowest BCUT2D eigenvalue weighted by Gasteiger charge is -2.15. The van der Waals surface area contributed by atoms with Crippen LogP contribution >= 0.6 is 0 Å². The number of hydrogen-bond donors (Lipinski definition) is 1. The smallest absolute Gasteiger partial charge is 0.408 e. The highest BCUT2D eigenvalue weighted by Crippen LogP contribution is 2.18. The number of carbonyl (C=O) groups is 1. The van der Waals surface area contributed by atoms with Crippen molar-refractivity contribution in [2.75, 3.05) is 12.4 Å². The van der Waals surface area contributed by atoms with Gasteiger partial charge < -0.3 is 19.2 Å². The van der Waals surface area contributed by atoms with Gasteiger partial charge in [0.15, 0.2) is 11.4 Å². The van der Waals surface area contributed by atoms with Crippen LogP contribution in [-0.2, 0) is 20.0 Å². The fraction of sp³-hybridized carbons (Fsp3) is 0.412. The number of benzene rings is 1. The zero-order valence-corrected chi connectivity index (χ0v) is 15.1. The van der Waals surface area contributed by atoms with Crippen LogP contribution in [0.2, 0.25) is 0 Å². The number of anilines is 1. The third-order valence-electron chi connectivity index (χ3n) is 3.86. The van der Waals surface area contributed by atoms with Crippen LogP contribution in [-0.4, -0.2) is 32.7 Å². The number of aryl methyl sites for hydroxylation is 1. The van der Waals surface area contributed by atoms with Gasteiger partial charge in [-0.25, -0.2) is 9.59 Å². The van der Waals surface area contributed by atoms with Crippen molar-refractivity contribution in [1.82, 2.24) is 19.6 Å². The first kappa shape index (κ1) is 17.7. The van der Waals surface area contributed by atoms with E-state index in [-0.39, 0.29) is 12.6 Å².